The van der Waals surface area contributed by atoms with Crippen molar-refractivity contribution in [2.45, 2.75) is 19.3 Å². The van der Waals surface area contributed by atoms with Crippen LogP contribution in [0.3, 0.4) is 0 Å². The molecule has 2 rings (SSSR count). The Morgan fingerprint density at radius 1 is 1.50 bits per heavy atom. The lowest BCUT2D eigenvalue weighted by Gasteiger charge is -2.05. The first kappa shape index (κ1) is 9.31. The number of rotatable bonds is 5. The molecule has 3 nitrogen and oxygen atoms in total. The number of pyridine rings is 1. The summed E-state index contributed by atoms with van der Waals surface area (Å²) in [6, 6.07) is 3.87. The molecule has 0 atom stereocenters. The monoisotopic (exact) mass is 192 g/mol. The summed E-state index contributed by atoms with van der Waals surface area (Å²) in [4.78, 5) is 4.23. The van der Waals surface area contributed by atoms with Crippen LogP contribution in [0.2, 0.25) is 0 Å². The average molecular weight is 192 g/mol. The molecule has 0 aliphatic heterocycles. The van der Waals surface area contributed by atoms with Crippen LogP contribution < -0.4 is 10.1 Å². The van der Waals surface area contributed by atoms with Crippen LogP contribution in [0.15, 0.2) is 18.3 Å². The lowest BCUT2D eigenvalue weighted by molar-refractivity contribution is 0.413. The normalized spacial score (nSPS) is 15.2. The predicted octanol–water partition coefficient (Wildman–Crippen LogP) is 2.30. The number of ether oxygens (including phenoxy) is 1. The fraction of sp³-hybridized carbons (Fsp3) is 0.545. The maximum absolute atomic E-state index is 5.03. The van der Waals surface area contributed by atoms with Gasteiger partial charge in [0.05, 0.1) is 13.3 Å². The molecule has 1 aliphatic rings. The predicted molar refractivity (Wildman–Crippen MR) is 56.6 cm³/mol. The molecule has 0 aromatic carbocycles. The van der Waals surface area contributed by atoms with Crippen molar-refractivity contribution in [1.29, 1.82) is 0 Å². The maximum Gasteiger partial charge on any atom is 0.137 e. The van der Waals surface area contributed by atoms with Crippen LogP contribution in [0, 0.1) is 5.92 Å². The minimum atomic E-state index is 0.803. The van der Waals surface area contributed by atoms with E-state index < -0.39 is 0 Å². The largest absolute Gasteiger partial charge is 0.495 e. The minimum absolute atomic E-state index is 0.803. The van der Waals surface area contributed by atoms with Crippen molar-refractivity contribution < 1.29 is 4.74 Å². The van der Waals surface area contributed by atoms with Gasteiger partial charge in [-0.05, 0) is 24.5 Å². The van der Waals surface area contributed by atoms with E-state index in [4.69, 9.17) is 4.74 Å². The van der Waals surface area contributed by atoms with Crippen LogP contribution in [-0.4, -0.2) is 18.6 Å². The van der Waals surface area contributed by atoms with Gasteiger partial charge < -0.3 is 10.1 Å². The zero-order valence-electron chi connectivity index (χ0n) is 8.49. The second-order valence-corrected chi connectivity index (χ2v) is 3.74. The molecule has 0 spiro atoms. The third-order valence-electron chi connectivity index (χ3n) is 2.53. The van der Waals surface area contributed by atoms with Gasteiger partial charge in [-0.2, -0.15) is 0 Å². The summed E-state index contributed by atoms with van der Waals surface area (Å²) in [5, 5.41) is 3.30. The third-order valence-corrected chi connectivity index (χ3v) is 2.53. The van der Waals surface area contributed by atoms with Gasteiger partial charge in [-0.1, -0.05) is 12.8 Å². The van der Waals surface area contributed by atoms with Crippen LogP contribution in [0.25, 0.3) is 0 Å². The Hall–Kier alpha value is -1.25. The van der Waals surface area contributed by atoms with Crippen molar-refractivity contribution in [1.82, 2.24) is 4.98 Å². The van der Waals surface area contributed by atoms with E-state index in [1.807, 2.05) is 12.1 Å². The second kappa shape index (κ2) is 4.31. The zero-order chi connectivity index (χ0) is 9.80. The molecule has 0 radical (unpaired) electrons. The zero-order valence-corrected chi connectivity index (χ0v) is 8.49. The number of hydrogen-bond acceptors (Lipinski definition) is 3. The van der Waals surface area contributed by atoms with Crippen molar-refractivity contribution in [2.75, 3.05) is 19.0 Å². The lowest BCUT2D eigenvalue weighted by atomic mass is 10.3. The smallest absolute Gasteiger partial charge is 0.137 e. The molecule has 14 heavy (non-hydrogen) atoms. The topological polar surface area (TPSA) is 34.1 Å². The Kier molecular flexibility index (Phi) is 2.87. The fourth-order valence-corrected chi connectivity index (χ4v) is 1.42. The Labute approximate surface area is 84.5 Å². The maximum atomic E-state index is 5.03. The van der Waals surface area contributed by atoms with Crippen molar-refractivity contribution in [3.05, 3.63) is 18.3 Å². The van der Waals surface area contributed by atoms with Gasteiger partial charge in [0, 0.05) is 6.54 Å². The molecular weight excluding hydrogens is 176 g/mol. The van der Waals surface area contributed by atoms with Gasteiger partial charge in [0.25, 0.3) is 0 Å². The number of methoxy groups -OCH3 is 1. The van der Waals surface area contributed by atoms with Crippen molar-refractivity contribution in [3.63, 3.8) is 0 Å². The van der Waals surface area contributed by atoms with Crippen molar-refractivity contribution in [2.24, 2.45) is 5.92 Å². The molecule has 1 saturated carbocycles. The van der Waals surface area contributed by atoms with Crippen LogP contribution in [0.4, 0.5) is 5.82 Å². The molecule has 1 heterocycles. The van der Waals surface area contributed by atoms with Gasteiger partial charge in [-0.15, -0.1) is 0 Å². The summed E-state index contributed by atoms with van der Waals surface area (Å²) < 4.78 is 5.03. The highest BCUT2D eigenvalue weighted by Crippen LogP contribution is 2.32. The highest BCUT2D eigenvalue weighted by atomic mass is 16.5. The Morgan fingerprint density at radius 3 is 2.93 bits per heavy atom. The van der Waals surface area contributed by atoms with Gasteiger partial charge in [0.2, 0.25) is 0 Å². The number of aromatic nitrogens is 1. The Balaban J connectivity index is 1.77. The summed E-state index contributed by atoms with van der Waals surface area (Å²) >= 11 is 0. The van der Waals surface area contributed by atoms with E-state index in [-0.39, 0.29) is 0 Å². The summed E-state index contributed by atoms with van der Waals surface area (Å²) in [5.41, 5.74) is 0. The Morgan fingerprint density at radius 2 is 2.36 bits per heavy atom. The van der Waals surface area contributed by atoms with Crippen molar-refractivity contribution in [3.8, 4) is 5.75 Å². The third kappa shape index (κ3) is 2.62. The number of nitrogens with one attached hydrogen (secondary N) is 1. The molecule has 0 unspecified atom stereocenters. The van der Waals surface area contributed by atoms with Gasteiger partial charge in [0.15, 0.2) is 0 Å². The van der Waals surface area contributed by atoms with Crippen molar-refractivity contribution >= 4 is 5.82 Å². The van der Waals surface area contributed by atoms with E-state index in [1.54, 1.807) is 13.3 Å². The number of anilines is 1. The molecule has 0 saturated heterocycles. The summed E-state index contributed by atoms with van der Waals surface area (Å²) in [5.74, 6) is 2.71. The first-order chi connectivity index (χ1) is 6.88. The van der Waals surface area contributed by atoms with Gasteiger partial charge in [0.1, 0.15) is 11.6 Å². The SMILES string of the molecule is COc1ccc(NCCC2CC2)nc1. The molecule has 0 bridgehead atoms. The van der Waals surface area contributed by atoms with E-state index in [9.17, 15) is 0 Å². The Bertz CT molecular complexity index is 280. The molecule has 3 heteroatoms. The first-order valence-corrected chi connectivity index (χ1v) is 5.12. The van der Waals surface area contributed by atoms with Gasteiger partial charge >= 0.3 is 0 Å². The molecule has 1 fully saturated rings. The van der Waals surface area contributed by atoms with Gasteiger partial charge in [-0.3, -0.25) is 0 Å². The second-order valence-electron chi connectivity index (χ2n) is 3.74. The highest BCUT2D eigenvalue weighted by molar-refractivity contribution is 5.37. The lowest BCUT2D eigenvalue weighted by Crippen LogP contribution is -2.03. The molecule has 1 aliphatic carbocycles. The summed E-state index contributed by atoms with van der Waals surface area (Å²) in [6.07, 6.45) is 5.84. The van der Waals surface area contributed by atoms with E-state index in [0.717, 1.165) is 24.0 Å². The van der Waals surface area contributed by atoms with Crippen LogP contribution in [0.5, 0.6) is 5.75 Å². The molecule has 76 valence electrons. The van der Waals surface area contributed by atoms with Crippen LogP contribution in [-0.2, 0) is 0 Å². The van der Waals surface area contributed by atoms with Gasteiger partial charge in [-0.25, -0.2) is 4.98 Å². The number of nitrogens with zero attached hydrogens (tertiary/aromatic N) is 1. The van der Waals surface area contributed by atoms with E-state index in [1.165, 1.54) is 19.3 Å². The van der Waals surface area contributed by atoms with E-state index in [0.29, 0.717) is 0 Å². The standard InChI is InChI=1S/C11H16N2O/c1-14-10-4-5-11(13-8-10)12-7-6-9-2-3-9/h4-5,8-9H,2-3,6-7H2,1H3,(H,12,13). The molecule has 0 amide bonds. The minimum Gasteiger partial charge on any atom is -0.495 e. The summed E-state index contributed by atoms with van der Waals surface area (Å²) in [7, 11) is 1.65. The molecule has 1 N–H and O–H groups in total. The summed E-state index contributed by atoms with van der Waals surface area (Å²) in [6.45, 7) is 1.03. The molecule has 1 aromatic rings. The first-order valence-electron chi connectivity index (χ1n) is 5.12. The average Bonchev–Trinajstić information content (AvgIpc) is 3.03. The van der Waals surface area contributed by atoms with Crippen LogP contribution in [0.1, 0.15) is 19.3 Å². The van der Waals surface area contributed by atoms with E-state index in [2.05, 4.69) is 10.3 Å². The quantitative estimate of drug-likeness (QED) is 0.777. The molecule has 1 aromatic heterocycles. The fourth-order valence-electron chi connectivity index (χ4n) is 1.42. The van der Waals surface area contributed by atoms with E-state index >= 15 is 0 Å². The number of hydrogen-bond donors (Lipinski definition) is 1. The highest BCUT2D eigenvalue weighted by Gasteiger charge is 2.20. The van der Waals surface area contributed by atoms with Crippen LogP contribution >= 0.6 is 0 Å². The molecular formula is C11H16N2O.